The maximum Gasteiger partial charge on any atom is 0.264 e. The number of aromatic nitrogens is 1. The normalized spacial score (nSPS) is 13.7. The topological polar surface area (TPSA) is 68.3 Å². The van der Waals surface area contributed by atoms with E-state index >= 15 is 0 Å². The minimum Gasteiger partial charge on any atom is -0.483 e. The molecule has 3 rings (SSSR count). The predicted octanol–water partition coefficient (Wildman–Crippen LogP) is 4.76. The highest BCUT2D eigenvalue weighted by Gasteiger charge is 2.23. The number of thiazole rings is 1. The van der Waals surface area contributed by atoms with Crippen molar-refractivity contribution in [3.05, 3.63) is 38.9 Å². The van der Waals surface area contributed by atoms with Crippen LogP contribution in [0.4, 0.5) is 5.13 Å². The summed E-state index contributed by atoms with van der Waals surface area (Å²) in [6, 6.07) is 3.74. The number of benzene rings is 1. The van der Waals surface area contributed by atoms with Crippen molar-refractivity contribution in [1.29, 1.82) is 0 Å². The Hall–Kier alpha value is -1.92. The molecule has 1 aliphatic rings. The molecular weight excluding hydrogens is 372 g/mol. The van der Waals surface area contributed by atoms with Crippen LogP contribution in [-0.2, 0) is 11.2 Å². The molecule has 0 bridgehead atoms. The number of carbonyl (C=O) groups is 2. The fourth-order valence-electron chi connectivity index (χ4n) is 2.87. The van der Waals surface area contributed by atoms with Crippen LogP contribution in [0.5, 0.6) is 5.75 Å². The third-order valence-corrected chi connectivity index (χ3v) is 5.75. The van der Waals surface area contributed by atoms with E-state index < -0.39 is 0 Å². The van der Waals surface area contributed by atoms with Crippen molar-refractivity contribution in [2.24, 2.45) is 0 Å². The number of nitrogens with zero attached hydrogens (tertiary/aromatic N) is 1. The fourth-order valence-corrected chi connectivity index (χ4v) is 4.04. The summed E-state index contributed by atoms with van der Waals surface area (Å²) in [6.07, 6.45) is 2.16. The Balaban J connectivity index is 1.66. The lowest BCUT2D eigenvalue weighted by Crippen LogP contribution is -2.20. The number of nitrogens with one attached hydrogen (secondary N) is 1. The van der Waals surface area contributed by atoms with Crippen molar-refractivity contribution in [3.63, 3.8) is 0 Å². The zero-order valence-corrected chi connectivity index (χ0v) is 16.6. The van der Waals surface area contributed by atoms with Gasteiger partial charge in [0.05, 0.1) is 10.6 Å². The van der Waals surface area contributed by atoms with Crippen LogP contribution in [-0.4, -0.2) is 23.3 Å². The lowest BCUT2D eigenvalue weighted by Gasteiger charge is -2.15. The fraction of sp³-hybridized carbons (Fsp3) is 0.421. The number of halogens is 1. The SMILES string of the molecule is Cc1cc(OCC(=O)Nc2nc3c(s2)C(=O)CCC3)c(C(C)C)cc1Cl. The number of aryl methyl sites for hydroxylation is 2. The molecule has 7 heteroatoms. The molecule has 26 heavy (non-hydrogen) atoms. The zero-order valence-electron chi connectivity index (χ0n) is 15.0. The summed E-state index contributed by atoms with van der Waals surface area (Å²) in [7, 11) is 0. The minimum atomic E-state index is -0.300. The molecular formula is C19H21ClN2O3S. The summed E-state index contributed by atoms with van der Waals surface area (Å²) in [5, 5.41) is 3.87. The number of carbonyl (C=O) groups excluding carboxylic acids is 2. The second-order valence-electron chi connectivity index (χ2n) is 6.70. The lowest BCUT2D eigenvalue weighted by molar-refractivity contribution is -0.118. The highest BCUT2D eigenvalue weighted by Crippen LogP contribution is 2.32. The van der Waals surface area contributed by atoms with Gasteiger partial charge in [0.2, 0.25) is 0 Å². The molecule has 1 aromatic heterocycles. The Morgan fingerprint density at radius 1 is 1.38 bits per heavy atom. The molecule has 0 unspecified atom stereocenters. The van der Waals surface area contributed by atoms with Crippen LogP contribution in [0.15, 0.2) is 12.1 Å². The summed E-state index contributed by atoms with van der Waals surface area (Å²) >= 11 is 7.43. The van der Waals surface area contributed by atoms with Crippen molar-refractivity contribution < 1.29 is 14.3 Å². The average molecular weight is 393 g/mol. The number of ether oxygens (including phenoxy) is 1. The Morgan fingerprint density at radius 2 is 2.15 bits per heavy atom. The van der Waals surface area contributed by atoms with Crippen molar-refractivity contribution in [2.75, 3.05) is 11.9 Å². The Bertz CT molecular complexity index is 861. The first-order valence-electron chi connectivity index (χ1n) is 8.60. The van der Waals surface area contributed by atoms with E-state index in [1.807, 2.05) is 32.9 Å². The molecule has 0 radical (unpaired) electrons. The number of rotatable bonds is 5. The van der Waals surface area contributed by atoms with E-state index in [2.05, 4.69) is 10.3 Å². The van der Waals surface area contributed by atoms with Gasteiger partial charge in [-0.1, -0.05) is 36.8 Å². The van der Waals surface area contributed by atoms with Crippen LogP contribution in [0.1, 0.15) is 59.1 Å². The van der Waals surface area contributed by atoms with Gasteiger partial charge in [0, 0.05) is 11.4 Å². The molecule has 1 aromatic carbocycles. The Morgan fingerprint density at radius 3 is 2.85 bits per heavy atom. The minimum absolute atomic E-state index is 0.110. The van der Waals surface area contributed by atoms with Gasteiger partial charge in [0.25, 0.3) is 5.91 Å². The summed E-state index contributed by atoms with van der Waals surface area (Å²) in [5.41, 5.74) is 2.65. The van der Waals surface area contributed by atoms with E-state index in [1.165, 1.54) is 11.3 Å². The van der Waals surface area contributed by atoms with Crippen molar-refractivity contribution in [3.8, 4) is 5.75 Å². The first-order valence-corrected chi connectivity index (χ1v) is 9.80. The molecule has 0 saturated heterocycles. The smallest absolute Gasteiger partial charge is 0.264 e. The van der Waals surface area contributed by atoms with E-state index in [9.17, 15) is 9.59 Å². The van der Waals surface area contributed by atoms with Gasteiger partial charge < -0.3 is 4.74 Å². The molecule has 0 aliphatic heterocycles. The summed E-state index contributed by atoms with van der Waals surface area (Å²) in [6.45, 7) is 5.87. The first kappa shape index (κ1) is 18.9. The number of ketones is 1. The second kappa shape index (κ2) is 7.76. The Labute approximate surface area is 161 Å². The van der Waals surface area contributed by atoms with Crippen LogP contribution in [0.25, 0.3) is 0 Å². The Kier molecular flexibility index (Phi) is 5.63. The quantitative estimate of drug-likeness (QED) is 0.796. The summed E-state index contributed by atoms with van der Waals surface area (Å²) in [5.74, 6) is 0.693. The van der Waals surface area contributed by atoms with E-state index in [-0.39, 0.29) is 24.2 Å². The maximum atomic E-state index is 12.2. The summed E-state index contributed by atoms with van der Waals surface area (Å²) in [4.78, 5) is 29.1. The highest BCUT2D eigenvalue weighted by molar-refractivity contribution is 7.17. The van der Waals surface area contributed by atoms with Gasteiger partial charge in [-0.2, -0.15) is 0 Å². The third kappa shape index (κ3) is 4.07. The van der Waals surface area contributed by atoms with Crippen molar-refractivity contribution in [2.45, 2.75) is 46.0 Å². The van der Waals surface area contributed by atoms with Crippen molar-refractivity contribution in [1.82, 2.24) is 4.98 Å². The van der Waals surface area contributed by atoms with Crippen LogP contribution < -0.4 is 10.1 Å². The van der Waals surface area contributed by atoms with Crippen LogP contribution >= 0.6 is 22.9 Å². The number of fused-ring (bicyclic) bond motifs is 1. The third-order valence-electron chi connectivity index (χ3n) is 4.29. The molecule has 0 fully saturated rings. The number of Topliss-reactive ketones (excluding diaryl/α,β-unsaturated/α-hetero) is 1. The van der Waals surface area contributed by atoms with Gasteiger partial charge in [-0.3, -0.25) is 14.9 Å². The van der Waals surface area contributed by atoms with E-state index in [0.717, 1.165) is 29.7 Å². The van der Waals surface area contributed by atoms with Gasteiger partial charge in [-0.05, 0) is 48.9 Å². The molecule has 1 amide bonds. The zero-order chi connectivity index (χ0) is 18.8. The summed E-state index contributed by atoms with van der Waals surface area (Å²) < 4.78 is 5.73. The van der Waals surface area contributed by atoms with Crippen molar-refractivity contribution >= 4 is 39.8 Å². The molecule has 0 saturated carbocycles. The molecule has 0 spiro atoms. The van der Waals surface area contributed by atoms with Gasteiger partial charge in [0.1, 0.15) is 5.75 Å². The molecule has 138 valence electrons. The first-order chi connectivity index (χ1) is 12.3. The maximum absolute atomic E-state index is 12.2. The predicted molar refractivity (Wildman–Crippen MR) is 104 cm³/mol. The van der Waals surface area contributed by atoms with Gasteiger partial charge in [-0.25, -0.2) is 4.98 Å². The van der Waals surface area contributed by atoms with E-state index in [4.69, 9.17) is 16.3 Å². The second-order valence-corrected chi connectivity index (χ2v) is 8.11. The van der Waals surface area contributed by atoms with Crippen LogP contribution in [0.3, 0.4) is 0 Å². The standard InChI is InChI=1S/C19H21ClN2O3S/c1-10(2)12-8-13(20)11(3)7-16(12)25-9-17(24)22-19-21-14-5-4-6-15(23)18(14)26-19/h7-8,10H,4-6,9H2,1-3H3,(H,21,22,24). The van der Waals surface area contributed by atoms with Gasteiger partial charge in [-0.15, -0.1) is 0 Å². The van der Waals surface area contributed by atoms with Gasteiger partial charge >= 0.3 is 0 Å². The molecule has 5 nitrogen and oxygen atoms in total. The lowest BCUT2D eigenvalue weighted by atomic mass is 10.0. The van der Waals surface area contributed by atoms with Crippen LogP contribution in [0, 0.1) is 6.92 Å². The number of amides is 1. The largest absolute Gasteiger partial charge is 0.483 e. The number of hydrogen-bond acceptors (Lipinski definition) is 5. The molecule has 2 aromatic rings. The monoisotopic (exact) mass is 392 g/mol. The van der Waals surface area contributed by atoms with E-state index in [1.54, 1.807) is 0 Å². The molecule has 1 N–H and O–H groups in total. The molecule has 1 aliphatic carbocycles. The van der Waals surface area contributed by atoms with Crippen LogP contribution in [0.2, 0.25) is 5.02 Å². The highest BCUT2D eigenvalue weighted by atomic mass is 35.5. The number of anilines is 1. The average Bonchev–Trinajstić information content (AvgIpc) is 2.99. The number of hydrogen-bond donors (Lipinski definition) is 1. The molecule has 1 heterocycles. The molecule has 0 atom stereocenters. The van der Waals surface area contributed by atoms with E-state index in [0.29, 0.717) is 27.2 Å². The van der Waals surface area contributed by atoms with Gasteiger partial charge in [0.15, 0.2) is 17.5 Å².